The lowest BCUT2D eigenvalue weighted by Crippen LogP contribution is -2.31. The summed E-state index contributed by atoms with van der Waals surface area (Å²) in [5.41, 5.74) is 1.36. The van der Waals surface area contributed by atoms with Crippen LogP contribution in [0.3, 0.4) is 0 Å². The van der Waals surface area contributed by atoms with Crippen LogP contribution in [-0.4, -0.2) is 24.7 Å². The van der Waals surface area contributed by atoms with Crippen LogP contribution >= 0.6 is 0 Å². The highest BCUT2D eigenvalue weighted by Crippen LogP contribution is 2.08. The van der Waals surface area contributed by atoms with Crippen LogP contribution in [0, 0.1) is 6.54 Å². The van der Waals surface area contributed by atoms with Crippen LogP contribution in [0.4, 0.5) is 0 Å². The van der Waals surface area contributed by atoms with Crippen LogP contribution in [0.25, 0.3) is 0 Å². The molecule has 0 saturated carbocycles. The van der Waals surface area contributed by atoms with Gasteiger partial charge in [-0.15, -0.1) is 0 Å². The molecule has 1 aliphatic heterocycles. The standard InChI is InChI=1S/C11H14NO/c1-2-4-11(5-3-1)10-12-6-8-13-9-7-12/h1-6H,7-10H2. The summed E-state index contributed by atoms with van der Waals surface area (Å²) in [6.07, 6.45) is 0. The van der Waals surface area contributed by atoms with Crippen LogP contribution in [0.15, 0.2) is 30.3 Å². The number of hydrogen-bond donors (Lipinski definition) is 0. The summed E-state index contributed by atoms with van der Waals surface area (Å²) in [5.74, 6) is 0. The summed E-state index contributed by atoms with van der Waals surface area (Å²) < 4.78 is 5.24. The molecule has 0 aromatic heterocycles. The lowest BCUT2D eigenvalue weighted by molar-refractivity contribution is 0.0647. The highest BCUT2D eigenvalue weighted by molar-refractivity contribution is 5.14. The van der Waals surface area contributed by atoms with Gasteiger partial charge in [-0.25, -0.2) is 0 Å². The molecule has 2 heteroatoms. The van der Waals surface area contributed by atoms with Crippen molar-refractivity contribution in [3.8, 4) is 0 Å². The minimum Gasteiger partial charge on any atom is -0.378 e. The molecule has 0 atom stereocenters. The average molecular weight is 176 g/mol. The van der Waals surface area contributed by atoms with Crippen molar-refractivity contribution in [2.45, 2.75) is 6.54 Å². The molecule has 1 aromatic rings. The van der Waals surface area contributed by atoms with Gasteiger partial charge in [-0.2, -0.15) is 0 Å². The van der Waals surface area contributed by atoms with Crippen molar-refractivity contribution in [2.24, 2.45) is 0 Å². The van der Waals surface area contributed by atoms with E-state index in [1.165, 1.54) is 5.56 Å². The van der Waals surface area contributed by atoms with Crippen molar-refractivity contribution in [2.75, 3.05) is 19.8 Å². The first-order valence-corrected chi connectivity index (χ1v) is 4.64. The number of hydrogen-bond acceptors (Lipinski definition) is 2. The van der Waals surface area contributed by atoms with E-state index >= 15 is 0 Å². The average Bonchev–Trinajstić information content (AvgIpc) is 2.21. The molecule has 1 saturated heterocycles. The summed E-state index contributed by atoms with van der Waals surface area (Å²) in [4.78, 5) is 2.30. The zero-order valence-corrected chi connectivity index (χ0v) is 7.65. The molecule has 0 unspecified atom stereocenters. The number of benzene rings is 1. The SMILES string of the molecule is [CH]1COCCN1Cc1ccccc1. The normalized spacial score (nSPS) is 18.8. The van der Waals surface area contributed by atoms with Gasteiger partial charge in [-0.3, -0.25) is 4.90 Å². The molecule has 1 fully saturated rings. The van der Waals surface area contributed by atoms with Crippen molar-refractivity contribution < 1.29 is 4.74 Å². The van der Waals surface area contributed by atoms with Gasteiger partial charge in [0.25, 0.3) is 0 Å². The highest BCUT2D eigenvalue weighted by Gasteiger charge is 2.10. The van der Waals surface area contributed by atoms with Gasteiger partial charge in [0.1, 0.15) is 0 Å². The molecule has 1 heterocycles. The van der Waals surface area contributed by atoms with Crippen molar-refractivity contribution in [1.82, 2.24) is 4.90 Å². The van der Waals surface area contributed by atoms with E-state index in [2.05, 4.69) is 35.7 Å². The Balaban J connectivity index is 1.90. The first kappa shape index (κ1) is 8.73. The molecule has 13 heavy (non-hydrogen) atoms. The molecule has 1 radical (unpaired) electrons. The van der Waals surface area contributed by atoms with E-state index in [0.717, 1.165) is 26.3 Å². The molecule has 0 amide bonds. The number of nitrogens with zero attached hydrogens (tertiary/aromatic N) is 1. The molecule has 2 nitrogen and oxygen atoms in total. The summed E-state index contributed by atoms with van der Waals surface area (Å²) >= 11 is 0. The Morgan fingerprint density at radius 2 is 2.08 bits per heavy atom. The molecule has 0 spiro atoms. The first-order valence-electron chi connectivity index (χ1n) is 4.64. The second kappa shape index (κ2) is 4.40. The first-order chi connectivity index (χ1) is 6.45. The third kappa shape index (κ3) is 2.54. The van der Waals surface area contributed by atoms with Crippen molar-refractivity contribution in [1.29, 1.82) is 0 Å². The van der Waals surface area contributed by atoms with E-state index in [9.17, 15) is 0 Å². The minimum absolute atomic E-state index is 0.757. The molecular formula is C11H14NO. The molecule has 69 valence electrons. The van der Waals surface area contributed by atoms with Gasteiger partial charge >= 0.3 is 0 Å². The van der Waals surface area contributed by atoms with Gasteiger partial charge in [0.05, 0.1) is 19.8 Å². The molecular weight excluding hydrogens is 162 g/mol. The lowest BCUT2D eigenvalue weighted by atomic mass is 10.2. The van der Waals surface area contributed by atoms with Gasteiger partial charge < -0.3 is 4.74 Å². The van der Waals surface area contributed by atoms with Crippen LogP contribution in [-0.2, 0) is 11.3 Å². The zero-order valence-electron chi connectivity index (χ0n) is 7.65. The summed E-state index contributed by atoms with van der Waals surface area (Å²) in [6.45, 7) is 5.74. The smallest absolute Gasteiger partial charge is 0.0638 e. The van der Waals surface area contributed by atoms with Crippen LogP contribution in [0.2, 0.25) is 0 Å². The van der Waals surface area contributed by atoms with E-state index in [1.54, 1.807) is 0 Å². The van der Waals surface area contributed by atoms with Gasteiger partial charge in [-0.05, 0) is 5.56 Å². The number of rotatable bonds is 2. The second-order valence-corrected chi connectivity index (χ2v) is 3.21. The second-order valence-electron chi connectivity index (χ2n) is 3.21. The molecule has 0 aliphatic carbocycles. The minimum atomic E-state index is 0.757. The largest absolute Gasteiger partial charge is 0.378 e. The van der Waals surface area contributed by atoms with Crippen LogP contribution in [0.5, 0.6) is 0 Å². The maximum absolute atomic E-state index is 5.24. The van der Waals surface area contributed by atoms with E-state index in [4.69, 9.17) is 4.74 Å². The third-order valence-electron chi connectivity index (χ3n) is 2.20. The Labute approximate surface area is 79.1 Å². The van der Waals surface area contributed by atoms with E-state index < -0.39 is 0 Å². The summed E-state index contributed by atoms with van der Waals surface area (Å²) in [6, 6.07) is 10.5. The maximum Gasteiger partial charge on any atom is 0.0638 e. The Hall–Kier alpha value is -0.860. The molecule has 2 rings (SSSR count). The Bertz CT molecular complexity index is 242. The quantitative estimate of drug-likeness (QED) is 0.679. The van der Waals surface area contributed by atoms with Crippen LogP contribution < -0.4 is 0 Å². The van der Waals surface area contributed by atoms with Crippen molar-refractivity contribution in [3.05, 3.63) is 42.4 Å². The molecule has 1 aromatic carbocycles. The predicted octanol–water partition coefficient (Wildman–Crippen LogP) is 1.68. The van der Waals surface area contributed by atoms with Crippen LogP contribution in [0.1, 0.15) is 5.56 Å². The Morgan fingerprint density at radius 3 is 2.77 bits per heavy atom. The van der Waals surface area contributed by atoms with Crippen molar-refractivity contribution >= 4 is 0 Å². The lowest BCUT2D eigenvalue weighted by Gasteiger charge is -2.25. The van der Waals surface area contributed by atoms with Gasteiger partial charge in [0.2, 0.25) is 0 Å². The van der Waals surface area contributed by atoms with E-state index in [-0.39, 0.29) is 0 Å². The van der Waals surface area contributed by atoms with Gasteiger partial charge in [0.15, 0.2) is 0 Å². The fourth-order valence-electron chi connectivity index (χ4n) is 1.48. The topological polar surface area (TPSA) is 12.5 Å². The fraction of sp³-hybridized carbons (Fsp3) is 0.364. The third-order valence-corrected chi connectivity index (χ3v) is 2.20. The fourth-order valence-corrected chi connectivity index (χ4v) is 1.48. The van der Waals surface area contributed by atoms with E-state index in [1.807, 2.05) is 6.07 Å². The summed E-state index contributed by atoms with van der Waals surface area (Å²) in [5, 5.41) is 0. The zero-order chi connectivity index (χ0) is 8.93. The van der Waals surface area contributed by atoms with E-state index in [0.29, 0.717) is 0 Å². The highest BCUT2D eigenvalue weighted by atomic mass is 16.5. The van der Waals surface area contributed by atoms with Gasteiger partial charge in [0, 0.05) is 13.1 Å². The maximum atomic E-state index is 5.24. The molecule has 1 aliphatic rings. The summed E-state index contributed by atoms with van der Waals surface area (Å²) in [7, 11) is 0. The van der Waals surface area contributed by atoms with Gasteiger partial charge in [-0.1, -0.05) is 30.3 Å². The molecule has 0 N–H and O–H groups in total. The number of ether oxygens (including phenoxy) is 1. The predicted molar refractivity (Wildman–Crippen MR) is 52.0 cm³/mol. The van der Waals surface area contributed by atoms with Crippen molar-refractivity contribution in [3.63, 3.8) is 0 Å². The Morgan fingerprint density at radius 1 is 1.23 bits per heavy atom. The monoisotopic (exact) mass is 176 g/mol. The Kier molecular flexibility index (Phi) is 2.95. The molecule has 0 bridgehead atoms. The number of morpholine rings is 1.